The molecule has 0 aromatic heterocycles. The molecule has 522 valence electrons. The van der Waals surface area contributed by atoms with Gasteiger partial charge in [-0.05, 0) is 51.4 Å². The summed E-state index contributed by atoms with van der Waals surface area (Å²) < 4.78 is 5.48. The van der Waals surface area contributed by atoms with Gasteiger partial charge in [0.05, 0.1) is 25.4 Å². The Morgan fingerprint density at radius 2 is 0.591 bits per heavy atom. The number of hydrogen-bond acceptors (Lipinski definition) is 5. The number of unbranched alkanes of at least 4 members (excludes halogenated alkanes) is 62. The lowest BCUT2D eigenvalue weighted by molar-refractivity contribution is -0.143. The molecule has 1 amide bonds. The van der Waals surface area contributed by atoms with Gasteiger partial charge in [0.2, 0.25) is 5.91 Å². The summed E-state index contributed by atoms with van der Waals surface area (Å²) in [5, 5.41) is 23.5. The van der Waals surface area contributed by atoms with E-state index in [0.717, 1.165) is 51.4 Å². The van der Waals surface area contributed by atoms with E-state index in [2.05, 4.69) is 43.5 Å². The van der Waals surface area contributed by atoms with Gasteiger partial charge in [0.25, 0.3) is 0 Å². The van der Waals surface area contributed by atoms with Gasteiger partial charge in [0.1, 0.15) is 0 Å². The number of nitrogens with one attached hydrogen (secondary N) is 1. The van der Waals surface area contributed by atoms with Crippen LogP contribution in [0, 0.1) is 0 Å². The molecule has 6 nitrogen and oxygen atoms in total. The molecule has 0 aromatic carbocycles. The lowest BCUT2D eigenvalue weighted by atomic mass is 10.0. The first-order chi connectivity index (χ1) is 43.5. The molecule has 0 spiro atoms. The quantitative estimate of drug-likeness (QED) is 0.0320. The molecule has 6 heteroatoms. The summed E-state index contributed by atoms with van der Waals surface area (Å²) in [4.78, 5) is 24.6. The Bertz CT molecular complexity index is 1380. The number of aliphatic hydroxyl groups excluding tert-OH is 2. The molecule has 3 N–H and O–H groups in total. The van der Waals surface area contributed by atoms with E-state index in [1.54, 1.807) is 0 Å². The van der Waals surface area contributed by atoms with Crippen molar-refractivity contribution in [3.63, 3.8) is 0 Å². The van der Waals surface area contributed by atoms with Gasteiger partial charge in [0.15, 0.2) is 0 Å². The highest BCUT2D eigenvalue weighted by molar-refractivity contribution is 5.76. The largest absolute Gasteiger partial charge is 0.466 e. The van der Waals surface area contributed by atoms with Crippen LogP contribution in [0.3, 0.4) is 0 Å². The number of esters is 1. The number of rotatable bonds is 77. The fourth-order valence-electron chi connectivity index (χ4n) is 13.1. The third-order valence-corrected chi connectivity index (χ3v) is 19.2. The molecule has 0 rings (SSSR count). The highest BCUT2D eigenvalue weighted by atomic mass is 16.5. The summed E-state index contributed by atoms with van der Waals surface area (Å²) in [6, 6.07) is -0.538. The fraction of sp³-hybridized carbons (Fsp3) is 0.927. The number of carbonyl (C=O) groups excluding carboxylic acids is 2. The van der Waals surface area contributed by atoms with E-state index in [1.807, 2.05) is 0 Å². The number of hydrogen-bond donors (Lipinski definition) is 3. The minimum atomic E-state index is -0.662. The van der Waals surface area contributed by atoms with Gasteiger partial charge >= 0.3 is 5.97 Å². The summed E-state index contributed by atoms with van der Waals surface area (Å²) in [5.41, 5.74) is 0. The van der Waals surface area contributed by atoms with E-state index in [9.17, 15) is 19.8 Å². The second-order valence-electron chi connectivity index (χ2n) is 28.1. The van der Waals surface area contributed by atoms with E-state index in [1.165, 1.54) is 379 Å². The molecule has 0 saturated carbocycles. The van der Waals surface area contributed by atoms with Crippen LogP contribution in [0.2, 0.25) is 0 Å². The molecule has 0 aliphatic heterocycles. The Balaban J connectivity index is 3.32. The normalized spacial score (nSPS) is 12.5. The van der Waals surface area contributed by atoms with Crippen LogP contribution < -0.4 is 5.32 Å². The Morgan fingerprint density at radius 1 is 0.318 bits per heavy atom. The van der Waals surface area contributed by atoms with E-state index in [0.29, 0.717) is 25.9 Å². The number of allylic oxidation sites excluding steroid dienone is 4. The number of ether oxygens (including phenoxy) is 1. The first kappa shape index (κ1) is 86.3. The first-order valence-corrected chi connectivity index (χ1v) is 40.6. The summed E-state index contributed by atoms with van der Waals surface area (Å²) in [5.74, 6) is -0.0158. The van der Waals surface area contributed by atoms with Crippen molar-refractivity contribution in [3.05, 3.63) is 24.3 Å². The van der Waals surface area contributed by atoms with Crippen molar-refractivity contribution >= 4 is 11.9 Å². The molecule has 0 aliphatic carbocycles. The molecule has 2 atom stereocenters. The van der Waals surface area contributed by atoms with E-state index >= 15 is 0 Å². The van der Waals surface area contributed by atoms with Crippen LogP contribution in [-0.4, -0.2) is 47.4 Å². The van der Waals surface area contributed by atoms with Gasteiger partial charge in [-0.15, -0.1) is 0 Å². The highest BCUT2D eigenvalue weighted by Gasteiger charge is 2.20. The smallest absolute Gasteiger partial charge is 0.305 e. The molecule has 2 unspecified atom stereocenters. The number of amides is 1. The minimum absolute atomic E-state index is 0.00804. The van der Waals surface area contributed by atoms with Gasteiger partial charge in [0, 0.05) is 12.8 Å². The second kappa shape index (κ2) is 77.8. The van der Waals surface area contributed by atoms with Crippen LogP contribution >= 0.6 is 0 Å². The second-order valence-corrected chi connectivity index (χ2v) is 28.1. The van der Waals surface area contributed by atoms with Crippen LogP contribution in [0.5, 0.6) is 0 Å². The Labute approximate surface area is 551 Å². The van der Waals surface area contributed by atoms with Gasteiger partial charge in [-0.3, -0.25) is 9.59 Å². The Morgan fingerprint density at radius 3 is 0.909 bits per heavy atom. The fourth-order valence-corrected chi connectivity index (χ4v) is 13.1. The average molecular weight is 1240 g/mol. The number of carbonyl (C=O) groups is 2. The van der Waals surface area contributed by atoms with E-state index < -0.39 is 12.1 Å². The molecule has 0 heterocycles. The van der Waals surface area contributed by atoms with Gasteiger partial charge in [-0.25, -0.2) is 0 Å². The van der Waals surface area contributed by atoms with Crippen LogP contribution in [-0.2, 0) is 14.3 Å². The van der Waals surface area contributed by atoms with Crippen LogP contribution in [0.4, 0.5) is 0 Å². The van der Waals surface area contributed by atoms with Crippen LogP contribution in [0.25, 0.3) is 0 Å². The minimum Gasteiger partial charge on any atom is -0.466 e. The van der Waals surface area contributed by atoms with Crippen molar-refractivity contribution in [1.29, 1.82) is 0 Å². The molecular weight excluding hydrogens is 1080 g/mol. The maximum Gasteiger partial charge on any atom is 0.305 e. The SMILES string of the molecule is CCC/C=C\C/C=C\CCCCCCCC(=O)OCCCCCCCCCCCCCCCCCCCCCCCCCCCCCCCCCCCCCC(=O)NC(CO)C(O)CCCCCCCCCCCCCCCCCCCCCCCCC. The van der Waals surface area contributed by atoms with Crippen LogP contribution in [0.1, 0.15) is 463 Å². The molecule has 0 bridgehead atoms. The lowest BCUT2D eigenvalue weighted by Crippen LogP contribution is -2.45. The van der Waals surface area contributed by atoms with Crippen molar-refractivity contribution in [1.82, 2.24) is 5.32 Å². The van der Waals surface area contributed by atoms with E-state index in [4.69, 9.17) is 4.74 Å². The molecule has 0 aromatic rings. The van der Waals surface area contributed by atoms with E-state index in [-0.39, 0.29) is 18.5 Å². The van der Waals surface area contributed by atoms with Gasteiger partial charge in [-0.1, -0.05) is 423 Å². The summed E-state index contributed by atoms with van der Waals surface area (Å²) in [7, 11) is 0. The van der Waals surface area contributed by atoms with Crippen molar-refractivity contribution in [3.8, 4) is 0 Å². The zero-order chi connectivity index (χ0) is 63.5. The molecule has 0 saturated heterocycles. The summed E-state index contributed by atoms with van der Waals surface area (Å²) in [6.07, 6.45) is 100. The predicted octanol–water partition coefficient (Wildman–Crippen LogP) is 26.8. The van der Waals surface area contributed by atoms with Crippen molar-refractivity contribution in [2.45, 2.75) is 475 Å². The Kier molecular flexibility index (Phi) is 76.3. The monoisotopic (exact) mass is 1240 g/mol. The van der Waals surface area contributed by atoms with Crippen molar-refractivity contribution < 1.29 is 24.5 Å². The Hall–Kier alpha value is -1.66. The molecule has 0 fully saturated rings. The topological polar surface area (TPSA) is 95.9 Å². The predicted molar refractivity (Wildman–Crippen MR) is 389 cm³/mol. The third kappa shape index (κ3) is 73.4. The van der Waals surface area contributed by atoms with Crippen LogP contribution in [0.15, 0.2) is 24.3 Å². The average Bonchev–Trinajstić information content (AvgIpc) is 3.53. The highest BCUT2D eigenvalue weighted by Crippen LogP contribution is 2.21. The summed E-state index contributed by atoms with van der Waals surface area (Å²) >= 11 is 0. The zero-order valence-corrected chi connectivity index (χ0v) is 60.0. The zero-order valence-electron chi connectivity index (χ0n) is 60.0. The number of aliphatic hydroxyl groups is 2. The lowest BCUT2D eigenvalue weighted by Gasteiger charge is -2.22. The summed E-state index contributed by atoms with van der Waals surface area (Å²) in [6.45, 7) is 4.94. The van der Waals surface area contributed by atoms with Gasteiger partial charge in [-0.2, -0.15) is 0 Å². The standard InChI is InChI=1S/C82H159NO5/c1-3-5-7-9-11-13-15-17-18-19-20-21-35-38-41-44-47-51-54-58-62-66-70-74-80(85)79(78-84)83-81(86)75-71-67-63-59-55-52-48-45-42-39-36-33-31-29-27-25-23-22-24-26-28-30-32-34-37-40-43-46-49-53-57-61-65-69-73-77-88-82(87)76-72-68-64-60-56-50-16-14-12-10-8-6-4-2/h8,10,14,16,79-80,84-85H,3-7,9,11-13,15,17-78H2,1-2H3,(H,83,86)/b10-8-,16-14-. The molecule has 0 radical (unpaired) electrons. The third-order valence-electron chi connectivity index (χ3n) is 19.2. The van der Waals surface area contributed by atoms with Gasteiger partial charge < -0.3 is 20.3 Å². The van der Waals surface area contributed by atoms with Crippen molar-refractivity contribution in [2.24, 2.45) is 0 Å². The maximum absolute atomic E-state index is 12.6. The molecule has 0 aliphatic rings. The first-order valence-electron chi connectivity index (χ1n) is 40.6. The molecule has 88 heavy (non-hydrogen) atoms. The van der Waals surface area contributed by atoms with Crippen molar-refractivity contribution in [2.75, 3.05) is 13.2 Å². The maximum atomic E-state index is 12.6. The molecular formula is C82H159NO5.